The van der Waals surface area contributed by atoms with Crippen molar-refractivity contribution in [2.75, 3.05) is 26.7 Å². The number of amides is 2. The van der Waals surface area contributed by atoms with Gasteiger partial charge in [0.2, 0.25) is 0 Å². The summed E-state index contributed by atoms with van der Waals surface area (Å²) < 4.78 is 5.30. The number of carbonyl (C=O) groups is 2. The topological polar surface area (TPSA) is 71.5 Å². The van der Waals surface area contributed by atoms with E-state index in [-0.39, 0.29) is 17.7 Å². The average molecular weight is 422 g/mol. The third kappa shape index (κ3) is 4.75. The maximum Gasteiger partial charge on any atom is 0.257 e. The van der Waals surface area contributed by atoms with E-state index in [1.807, 2.05) is 0 Å². The first-order chi connectivity index (χ1) is 13.5. The van der Waals surface area contributed by atoms with Crippen molar-refractivity contribution < 1.29 is 14.3 Å². The Morgan fingerprint density at radius 1 is 1.29 bits per heavy atom. The van der Waals surface area contributed by atoms with Gasteiger partial charge in [-0.2, -0.15) is 0 Å². The quantitative estimate of drug-likeness (QED) is 0.798. The minimum Gasteiger partial charge on any atom is -0.496 e. The smallest absolute Gasteiger partial charge is 0.257 e. The number of methoxy groups -OCH3 is 1. The molecule has 28 heavy (non-hydrogen) atoms. The Bertz CT molecular complexity index is 876. The largest absolute Gasteiger partial charge is 0.496 e. The summed E-state index contributed by atoms with van der Waals surface area (Å²) in [7, 11) is 1.53. The molecule has 1 aliphatic heterocycles. The summed E-state index contributed by atoms with van der Waals surface area (Å²) in [5.41, 5.74) is 0.840. The molecule has 1 saturated heterocycles. The van der Waals surface area contributed by atoms with E-state index in [0.717, 1.165) is 12.8 Å². The second kappa shape index (κ2) is 9.26. The van der Waals surface area contributed by atoms with E-state index in [0.29, 0.717) is 46.6 Å². The second-order valence-electron chi connectivity index (χ2n) is 6.67. The van der Waals surface area contributed by atoms with E-state index >= 15 is 0 Å². The third-order valence-corrected chi connectivity index (χ3v) is 5.30. The summed E-state index contributed by atoms with van der Waals surface area (Å²) in [6.45, 7) is 1.68. The van der Waals surface area contributed by atoms with Gasteiger partial charge in [0.05, 0.1) is 23.3 Å². The number of likely N-dealkylation sites (tertiary alicyclic amines) is 1. The second-order valence-corrected chi connectivity index (χ2v) is 7.51. The molecular formula is C20H21Cl2N3O3. The van der Waals surface area contributed by atoms with Crippen molar-refractivity contribution in [3.63, 3.8) is 0 Å². The van der Waals surface area contributed by atoms with Gasteiger partial charge in [0.25, 0.3) is 11.8 Å². The van der Waals surface area contributed by atoms with Crippen molar-refractivity contribution in [3.05, 3.63) is 57.8 Å². The van der Waals surface area contributed by atoms with E-state index in [9.17, 15) is 9.59 Å². The van der Waals surface area contributed by atoms with Crippen molar-refractivity contribution in [2.24, 2.45) is 5.92 Å². The lowest BCUT2D eigenvalue weighted by Crippen LogP contribution is -2.43. The predicted molar refractivity (Wildman–Crippen MR) is 108 cm³/mol. The number of ether oxygens (including phenoxy) is 1. The summed E-state index contributed by atoms with van der Waals surface area (Å²) in [4.78, 5) is 31.0. The molecule has 3 rings (SSSR count). The first kappa shape index (κ1) is 20.4. The molecule has 1 aromatic carbocycles. The van der Waals surface area contributed by atoms with E-state index in [1.54, 1.807) is 29.2 Å². The Labute approximate surface area is 173 Å². The number of nitrogens with one attached hydrogen (secondary N) is 1. The molecule has 8 heteroatoms. The molecule has 0 radical (unpaired) electrons. The van der Waals surface area contributed by atoms with Crippen LogP contribution in [0.1, 0.15) is 33.6 Å². The summed E-state index contributed by atoms with van der Waals surface area (Å²) in [6, 6.07) is 6.59. The first-order valence-corrected chi connectivity index (χ1v) is 9.75. The summed E-state index contributed by atoms with van der Waals surface area (Å²) in [5, 5.41) is 3.70. The Morgan fingerprint density at radius 3 is 2.86 bits per heavy atom. The molecule has 1 atom stereocenters. The molecule has 1 unspecified atom stereocenters. The van der Waals surface area contributed by atoms with Crippen LogP contribution in [0.3, 0.4) is 0 Å². The first-order valence-electron chi connectivity index (χ1n) is 9.00. The van der Waals surface area contributed by atoms with Crippen LogP contribution in [0.5, 0.6) is 5.75 Å². The van der Waals surface area contributed by atoms with Crippen molar-refractivity contribution in [3.8, 4) is 5.75 Å². The van der Waals surface area contributed by atoms with Gasteiger partial charge in [0.15, 0.2) is 0 Å². The SMILES string of the molecule is COc1ccc(Cl)cc1C(=O)N1CCCC(CNC(=O)c2ccncc2Cl)C1. The number of hydrogen-bond donors (Lipinski definition) is 1. The van der Waals surface area contributed by atoms with Gasteiger partial charge in [-0.15, -0.1) is 0 Å². The Morgan fingerprint density at radius 2 is 2.11 bits per heavy atom. The number of carbonyl (C=O) groups excluding carboxylic acids is 2. The Hall–Kier alpha value is -2.31. The van der Waals surface area contributed by atoms with Gasteiger partial charge in [-0.3, -0.25) is 14.6 Å². The van der Waals surface area contributed by atoms with Crippen LogP contribution in [0.4, 0.5) is 0 Å². The van der Waals surface area contributed by atoms with Gasteiger partial charge in [0, 0.05) is 37.1 Å². The summed E-state index contributed by atoms with van der Waals surface area (Å²) in [5.74, 6) is 0.296. The highest BCUT2D eigenvalue weighted by Gasteiger charge is 2.27. The predicted octanol–water partition coefficient (Wildman–Crippen LogP) is 3.68. The van der Waals surface area contributed by atoms with Crippen LogP contribution in [0, 0.1) is 5.92 Å². The zero-order valence-electron chi connectivity index (χ0n) is 15.5. The number of pyridine rings is 1. The molecule has 0 saturated carbocycles. The normalized spacial score (nSPS) is 16.5. The van der Waals surface area contributed by atoms with Crippen LogP contribution >= 0.6 is 23.2 Å². The monoisotopic (exact) mass is 421 g/mol. The van der Waals surface area contributed by atoms with Gasteiger partial charge in [-0.1, -0.05) is 23.2 Å². The molecule has 0 spiro atoms. The van der Waals surface area contributed by atoms with Crippen molar-refractivity contribution in [1.29, 1.82) is 0 Å². The van der Waals surface area contributed by atoms with Gasteiger partial charge < -0.3 is 15.0 Å². The van der Waals surface area contributed by atoms with Gasteiger partial charge in [-0.25, -0.2) is 0 Å². The molecule has 6 nitrogen and oxygen atoms in total. The average Bonchev–Trinajstić information content (AvgIpc) is 2.72. The number of piperidine rings is 1. The number of rotatable bonds is 5. The van der Waals surface area contributed by atoms with E-state index in [4.69, 9.17) is 27.9 Å². The van der Waals surface area contributed by atoms with Crippen molar-refractivity contribution in [2.45, 2.75) is 12.8 Å². The highest BCUT2D eigenvalue weighted by atomic mass is 35.5. The third-order valence-electron chi connectivity index (χ3n) is 4.77. The molecule has 0 bridgehead atoms. The van der Waals surface area contributed by atoms with E-state index in [2.05, 4.69) is 10.3 Å². The van der Waals surface area contributed by atoms with Crippen LogP contribution in [-0.2, 0) is 0 Å². The molecule has 1 aromatic heterocycles. The molecule has 1 fully saturated rings. The molecule has 2 amide bonds. The fourth-order valence-corrected chi connectivity index (χ4v) is 3.70. The van der Waals surface area contributed by atoms with Crippen molar-refractivity contribution in [1.82, 2.24) is 15.2 Å². The molecule has 1 aliphatic rings. The zero-order chi connectivity index (χ0) is 20.1. The summed E-state index contributed by atoms with van der Waals surface area (Å²) >= 11 is 12.1. The van der Waals surface area contributed by atoms with Crippen LogP contribution in [0.25, 0.3) is 0 Å². The number of halogens is 2. The zero-order valence-corrected chi connectivity index (χ0v) is 17.0. The lowest BCUT2D eigenvalue weighted by Gasteiger charge is -2.33. The number of benzene rings is 1. The van der Waals surface area contributed by atoms with Gasteiger partial charge in [0.1, 0.15) is 5.75 Å². The van der Waals surface area contributed by atoms with Crippen LogP contribution < -0.4 is 10.1 Å². The van der Waals surface area contributed by atoms with Crippen LogP contribution in [0.15, 0.2) is 36.7 Å². The number of hydrogen-bond acceptors (Lipinski definition) is 4. The lowest BCUT2D eigenvalue weighted by atomic mass is 9.97. The van der Waals surface area contributed by atoms with E-state index in [1.165, 1.54) is 19.5 Å². The molecular weight excluding hydrogens is 401 g/mol. The Balaban J connectivity index is 1.63. The molecule has 2 heterocycles. The lowest BCUT2D eigenvalue weighted by molar-refractivity contribution is 0.0667. The minimum absolute atomic E-state index is 0.118. The van der Waals surface area contributed by atoms with Crippen LogP contribution in [0.2, 0.25) is 10.0 Å². The Kier molecular flexibility index (Phi) is 6.75. The number of aromatic nitrogens is 1. The van der Waals surface area contributed by atoms with Gasteiger partial charge in [-0.05, 0) is 43.0 Å². The molecule has 148 valence electrons. The molecule has 0 aliphatic carbocycles. The van der Waals surface area contributed by atoms with Crippen molar-refractivity contribution >= 4 is 35.0 Å². The maximum absolute atomic E-state index is 13.0. The highest BCUT2D eigenvalue weighted by Crippen LogP contribution is 2.26. The fourth-order valence-electron chi connectivity index (χ4n) is 3.33. The minimum atomic E-state index is -0.243. The fraction of sp³-hybridized carbons (Fsp3) is 0.350. The summed E-state index contributed by atoms with van der Waals surface area (Å²) in [6.07, 6.45) is 4.77. The number of nitrogens with zero attached hydrogens (tertiary/aromatic N) is 2. The standard InChI is InChI=1S/C20H21Cl2N3O3/c1-28-18-5-4-14(21)9-16(18)20(27)25-8-2-3-13(12-25)10-24-19(26)15-6-7-23-11-17(15)22/h4-7,9,11,13H,2-3,8,10,12H2,1H3,(H,24,26). The maximum atomic E-state index is 13.0. The molecule has 2 aromatic rings. The van der Waals surface area contributed by atoms with Crippen LogP contribution in [-0.4, -0.2) is 48.4 Å². The molecule has 1 N–H and O–H groups in total. The van der Waals surface area contributed by atoms with Gasteiger partial charge >= 0.3 is 0 Å². The van der Waals surface area contributed by atoms with E-state index < -0.39 is 0 Å². The highest BCUT2D eigenvalue weighted by molar-refractivity contribution is 6.33.